The molecule has 1 rings (SSSR count). The van der Waals surface area contributed by atoms with Gasteiger partial charge >= 0.3 is 5.97 Å². The number of hydrogen-bond donors (Lipinski definition) is 2. The monoisotopic (exact) mass is 328 g/mol. The second-order valence-corrected chi connectivity index (χ2v) is 5.29. The first-order chi connectivity index (χ1) is 8.86. The number of anilines is 1. The Morgan fingerprint density at radius 3 is 2.68 bits per heavy atom. The fourth-order valence-corrected chi connectivity index (χ4v) is 2.02. The van der Waals surface area contributed by atoms with E-state index in [9.17, 15) is 9.18 Å². The van der Waals surface area contributed by atoms with E-state index in [2.05, 4.69) is 21.2 Å². The third-order valence-electron chi connectivity index (χ3n) is 2.74. The highest BCUT2D eigenvalue weighted by Crippen LogP contribution is 2.28. The van der Waals surface area contributed by atoms with Crippen molar-refractivity contribution >= 4 is 27.6 Å². The van der Waals surface area contributed by atoms with Crippen LogP contribution in [-0.4, -0.2) is 17.1 Å². The molecule has 0 aromatic heterocycles. The van der Waals surface area contributed by atoms with Gasteiger partial charge in [0, 0.05) is 6.04 Å². The Hall–Kier alpha value is -1.61. The van der Waals surface area contributed by atoms with Crippen molar-refractivity contribution in [3.05, 3.63) is 28.0 Å². The molecule has 4 nitrogen and oxygen atoms in total. The summed E-state index contributed by atoms with van der Waals surface area (Å²) in [5.74, 6) is -1.50. The molecule has 1 aromatic rings. The maximum absolute atomic E-state index is 14.0. The highest BCUT2D eigenvalue weighted by molar-refractivity contribution is 9.10. The average molecular weight is 329 g/mol. The molecule has 1 unspecified atom stereocenters. The van der Waals surface area contributed by atoms with E-state index in [-0.39, 0.29) is 34.1 Å². The summed E-state index contributed by atoms with van der Waals surface area (Å²) in [5.41, 5.74) is 0.383. The lowest BCUT2D eigenvalue weighted by atomic mass is 10.0. The molecule has 102 valence electrons. The number of carboxylic acid groups (broad SMARTS) is 1. The standard InChI is InChI=1S/C13H14BrFN2O2/c1-7(2)10(5-11(18)19)17-9-4-3-8(6-16)12(14)13(9)15/h3-4,7,10,17H,5H2,1-2H3,(H,18,19). The lowest BCUT2D eigenvalue weighted by molar-refractivity contribution is -0.137. The van der Waals surface area contributed by atoms with E-state index in [1.165, 1.54) is 12.1 Å². The normalized spacial score (nSPS) is 12.0. The van der Waals surface area contributed by atoms with Crippen LogP contribution in [0.4, 0.5) is 10.1 Å². The van der Waals surface area contributed by atoms with Crippen LogP contribution in [0.25, 0.3) is 0 Å². The number of nitrogens with zero attached hydrogens (tertiary/aromatic N) is 1. The van der Waals surface area contributed by atoms with Crippen LogP contribution in [0, 0.1) is 23.1 Å². The fourth-order valence-electron chi connectivity index (χ4n) is 1.59. The number of carbonyl (C=O) groups is 1. The van der Waals surface area contributed by atoms with Gasteiger partial charge in [-0.1, -0.05) is 13.8 Å². The van der Waals surface area contributed by atoms with Crippen LogP contribution < -0.4 is 5.32 Å². The lowest BCUT2D eigenvalue weighted by Gasteiger charge is -2.22. The zero-order chi connectivity index (χ0) is 14.6. The van der Waals surface area contributed by atoms with Crippen molar-refractivity contribution in [2.45, 2.75) is 26.3 Å². The molecule has 1 atom stereocenters. The van der Waals surface area contributed by atoms with Gasteiger partial charge in [0.05, 0.1) is 22.1 Å². The third kappa shape index (κ3) is 3.93. The number of carboxylic acids is 1. The first kappa shape index (κ1) is 15.4. The van der Waals surface area contributed by atoms with E-state index in [0.29, 0.717) is 0 Å². The number of aliphatic carboxylic acids is 1. The summed E-state index contributed by atoms with van der Waals surface area (Å²) < 4.78 is 14.1. The minimum Gasteiger partial charge on any atom is -0.481 e. The highest BCUT2D eigenvalue weighted by atomic mass is 79.9. The molecule has 0 amide bonds. The number of nitrogens with one attached hydrogen (secondary N) is 1. The van der Waals surface area contributed by atoms with Gasteiger partial charge in [0.25, 0.3) is 0 Å². The number of hydrogen-bond acceptors (Lipinski definition) is 3. The molecule has 0 bridgehead atoms. The van der Waals surface area contributed by atoms with Crippen LogP contribution in [0.1, 0.15) is 25.8 Å². The summed E-state index contributed by atoms with van der Waals surface area (Å²) in [6.07, 6.45) is -0.102. The van der Waals surface area contributed by atoms with Gasteiger partial charge in [0.1, 0.15) is 6.07 Å². The summed E-state index contributed by atoms with van der Waals surface area (Å²) in [6, 6.07) is 4.40. The van der Waals surface area contributed by atoms with Crippen molar-refractivity contribution in [2.75, 3.05) is 5.32 Å². The van der Waals surface area contributed by atoms with E-state index in [1.54, 1.807) is 0 Å². The predicted octanol–water partition coefficient (Wildman–Crippen LogP) is 3.37. The molecule has 0 aliphatic heterocycles. The molecule has 0 heterocycles. The maximum atomic E-state index is 14.0. The molecule has 1 aromatic carbocycles. The molecular formula is C13H14BrFN2O2. The van der Waals surface area contributed by atoms with Crippen molar-refractivity contribution in [2.24, 2.45) is 5.92 Å². The van der Waals surface area contributed by atoms with Crippen molar-refractivity contribution in [3.63, 3.8) is 0 Å². The van der Waals surface area contributed by atoms with Gasteiger partial charge in [-0.2, -0.15) is 5.26 Å². The largest absolute Gasteiger partial charge is 0.481 e. The van der Waals surface area contributed by atoms with Gasteiger partial charge in [-0.25, -0.2) is 4.39 Å². The average Bonchev–Trinajstić information content (AvgIpc) is 2.33. The first-order valence-corrected chi connectivity index (χ1v) is 6.52. The molecule has 19 heavy (non-hydrogen) atoms. The zero-order valence-electron chi connectivity index (χ0n) is 10.6. The van der Waals surface area contributed by atoms with E-state index in [1.807, 2.05) is 19.9 Å². The second-order valence-electron chi connectivity index (χ2n) is 4.49. The number of halogens is 2. The van der Waals surface area contributed by atoms with Gasteiger partial charge in [-0.3, -0.25) is 4.79 Å². The third-order valence-corrected chi connectivity index (χ3v) is 3.52. The molecule has 0 saturated heterocycles. The number of nitriles is 1. The Bertz CT molecular complexity index is 526. The smallest absolute Gasteiger partial charge is 0.305 e. The summed E-state index contributed by atoms with van der Waals surface area (Å²) in [4.78, 5) is 10.8. The summed E-state index contributed by atoms with van der Waals surface area (Å²) in [5, 5.41) is 20.5. The topological polar surface area (TPSA) is 73.1 Å². The van der Waals surface area contributed by atoms with Gasteiger partial charge in [0.15, 0.2) is 5.82 Å². The molecule has 2 N–H and O–H groups in total. The second kappa shape index (κ2) is 6.53. The maximum Gasteiger partial charge on any atom is 0.305 e. The lowest BCUT2D eigenvalue weighted by Crippen LogP contribution is -2.29. The summed E-state index contributed by atoms with van der Waals surface area (Å²) in [7, 11) is 0. The molecule has 0 radical (unpaired) electrons. The molecule has 6 heteroatoms. The van der Waals surface area contributed by atoms with Gasteiger partial charge < -0.3 is 10.4 Å². The van der Waals surface area contributed by atoms with Gasteiger partial charge in [0.2, 0.25) is 0 Å². The van der Waals surface area contributed by atoms with Crippen LogP contribution in [0.3, 0.4) is 0 Å². The van der Waals surface area contributed by atoms with E-state index < -0.39 is 11.8 Å². The number of benzene rings is 1. The Labute approximate surface area is 119 Å². The molecule has 0 fully saturated rings. The van der Waals surface area contributed by atoms with Crippen LogP contribution in [-0.2, 0) is 4.79 Å². The predicted molar refractivity (Wildman–Crippen MR) is 73.3 cm³/mol. The molecule has 0 saturated carbocycles. The molecular weight excluding hydrogens is 315 g/mol. The summed E-state index contributed by atoms with van der Waals surface area (Å²) >= 11 is 3.02. The first-order valence-electron chi connectivity index (χ1n) is 5.73. The van der Waals surface area contributed by atoms with Crippen molar-refractivity contribution < 1.29 is 14.3 Å². The van der Waals surface area contributed by atoms with Crippen LogP contribution in [0.5, 0.6) is 0 Å². The number of rotatable bonds is 5. The quantitative estimate of drug-likeness (QED) is 0.869. The SMILES string of the molecule is CC(C)C(CC(=O)O)Nc1ccc(C#N)c(Br)c1F. The zero-order valence-corrected chi connectivity index (χ0v) is 12.2. The summed E-state index contributed by atoms with van der Waals surface area (Å²) in [6.45, 7) is 3.72. The fraction of sp³-hybridized carbons (Fsp3) is 0.385. The highest BCUT2D eigenvalue weighted by Gasteiger charge is 2.19. The van der Waals surface area contributed by atoms with E-state index in [0.717, 1.165) is 0 Å². The molecule has 0 aliphatic carbocycles. The van der Waals surface area contributed by atoms with Crippen molar-refractivity contribution in [1.82, 2.24) is 0 Å². The van der Waals surface area contributed by atoms with Gasteiger partial charge in [-0.15, -0.1) is 0 Å². The Balaban J connectivity index is 3.01. The van der Waals surface area contributed by atoms with Crippen LogP contribution in [0.2, 0.25) is 0 Å². The Morgan fingerprint density at radius 1 is 1.58 bits per heavy atom. The minimum atomic E-state index is -0.945. The Morgan fingerprint density at radius 2 is 2.21 bits per heavy atom. The Kier molecular flexibility index (Phi) is 5.31. The minimum absolute atomic E-state index is 0.0323. The van der Waals surface area contributed by atoms with E-state index in [4.69, 9.17) is 10.4 Å². The van der Waals surface area contributed by atoms with Crippen molar-refractivity contribution in [3.8, 4) is 6.07 Å². The van der Waals surface area contributed by atoms with Crippen molar-refractivity contribution in [1.29, 1.82) is 5.26 Å². The van der Waals surface area contributed by atoms with Crippen LogP contribution in [0.15, 0.2) is 16.6 Å². The van der Waals surface area contributed by atoms with E-state index >= 15 is 0 Å². The van der Waals surface area contributed by atoms with Gasteiger partial charge in [-0.05, 0) is 34.0 Å². The molecule has 0 aliphatic rings. The van der Waals surface area contributed by atoms with Crippen LogP contribution >= 0.6 is 15.9 Å². The molecule has 0 spiro atoms.